The minimum absolute atomic E-state index is 0.308. The molecule has 2 N–H and O–H groups in total. The van der Waals surface area contributed by atoms with E-state index in [1.165, 1.54) is 5.56 Å². The lowest BCUT2D eigenvalue weighted by Crippen LogP contribution is -2.18. The molecule has 4 heteroatoms. The average Bonchev–Trinajstić information content (AvgIpc) is 2.80. The van der Waals surface area contributed by atoms with Crippen molar-refractivity contribution < 1.29 is 5.11 Å². The van der Waals surface area contributed by atoms with Crippen LogP contribution in [0.25, 0.3) is 0 Å². The third-order valence-electron chi connectivity index (χ3n) is 2.37. The molecule has 0 amide bonds. The van der Waals surface area contributed by atoms with Gasteiger partial charge in [-0.2, -0.15) is 0 Å². The Balaban J connectivity index is 1.70. The summed E-state index contributed by atoms with van der Waals surface area (Å²) in [5.41, 5.74) is 1.17. The van der Waals surface area contributed by atoms with E-state index in [9.17, 15) is 0 Å². The number of hydrogen-bond acceptors (Lipinski definition) is 3. The van der Waals surface area contributed by atoms with E-state index in [1.807, 2.05) is 29.2 Å². The van der Waals surface area contributed by atoms with E-state index in [0.717, 1.165) is 19.6 Å². The lowest BCUT2D eigenvalue weighted by molar-refractivity contribution is 0.475. The predicted octanol–water partition coefficient (Wildman–Crippen LogP) is 1.38. The first-order valence-corrected chi connectivity index (χ1v) is 5.29. The van der Waals surface area contributed by atoms with Crippen LogP contribution in [0.4, 0.5) is 0 Å². The molecule has 4 nitrogen and oxygen atoms in total. The monoisotopic (exact) mass is 217 g/mol. The maximum atomic E-state index is 9.12. The number of nitrogens with one attached hydrogen (secondary N) is 1. The number of hydrogen-bond donors (Lipinski definition) is 2. The average molecular weight is 217 g/mol. The minimum Gasteiger partial charge on any atom is -0.508 e. The van der Waals surface area contributed by atoms with Gasteiger partial charge in [0.15, 0.2) is 0 Å². The van der Waals surface area contributed by atoms with Crippen LogP contribution in [0.1, 0.15) is 5.56 Å². The van der Waals surface area contributed by atoms with Crippen LogP contribution in [0.3, 0.4) is 0 Å². The number of rotatable bonds is 5. The second-order valence-corrected chi connectivity index (χ2v) is 3.64. The molecule has 0 bridgehead atoms. The van der Waals surface area contributed by atoms with Gasteiger partial charge < -0.3 is 15.0 Å². The van der Waals surface area contributed by atoms with Crippen LogP contribution >= 0.6 is 0 Å². The number of benzene rings is 1. The van der Waals surface area contributed by atoms with Crippen molar-refractivity contribution in [2.75, 3.05) is 6.54 Å². The summed E-state index contributed by atoms with van der Waals surface area (Å²) in [7, 11) is 0. The Morgan fingerprint density at radius 2 is 2.06 bits per heavy atom. The molecular formula is C12H15N3O. The largest absolute Gasteiger partial charge is 0.508 e. The molecule has 1 aromatic heterocycles. The first kappa shape index (κ1) is 10.7. The zero-order valence-electron chi connectivity index (χ0n) is 9.00. The molecule has 0 saturated carbocycles. The summed E-state index contributed by atoms with van der Waals surface area (Å²) in [5.74, 6) is 0.308. The Kier molecular flexibility index (Phi) is 3.56. The zero-order valence-corrected chi connectivity index (χ0v) is 9.00. The predicted molar refractivity (Wildman–Crippen MR) is 62.0 cm³/mol. The van der Waals surface area contributed by atoms with Crippen molar-refractivity contribution in [2.24, 2.45) is 0 Å². The fourth-order valence-electron chi connectivity index (χ4n) is 1.47. The molecule has 84 valence electrons. The number of phenolic OH excluding ortho intramolecular Hbond substituents is 1. The van der Waals surface area contributed by atoms with Gasteiger partial charge in [0.2, 0.25) is 0 Å². The Bertz CT molecular complexity index is 408. The van der Waals surface area contributed by atoms with Crippen molar-refractivity contribution in [1.82, 2.24) is 14.9 Å². The molecule has 0 fully saturated rings. The smallest absolute Gasteiger partial charge is 0.115 e. The molecule has 2 rings (SSSR count). The lowest BCUT2D eigenvalue weighted by Gasteiger charge is -2.05. The van der Waals surface area contributed by atoms with E-state index >= 15 is 0 Å². The Morgan fingerprint density at radius 3 is 2.75 bits per heavy atom. The van der Waals surface area contributed by atoms with Gasteiger partial charge in [0.1, 0.15) is 5.75 Å². The van der Waals surface area contributed by atoms with Crippen molar-refractivity contribution in [3.05, 3.63) is 48.5 Å². The van der Waals surface area contributed by atoms with E-state index in [1.54, 1.807) is 18.3 Å². The van der Waals surface area contributed by atoms with Gasteiger partial charge in [-0.15, -0.1) is 0 Å². The van der Waals surface area contributed by atoms with Crippen molar-refractivity contribution in [3.8, 4) is 5.75 Å². The van der Waals surface area contributed by atoms with Crippen molar-refractivity contribution in [1.29, 1.82) is 0 Å². The van der Waals surface area contributed by atoms with Gasteiger partial charge in [0.05, 0.1) is 6.33 Å². The van der Waals surface area contributed by atoms with Crippen molar-refractivity contribution in [2.45, 2.75) is 13.1 Å². The van der Waals surface area contributed by atoms with E-state index in [2.05, 4.69) is 10.3 Å². The van der Waals surface area contributed by atoms with Gasteiger partial charge in [-0.1, -0.05) is 12.1 Å². The minimum atomic E-state index is 0.308. The van der Waals surface area contributed by atoms with Crippen LogP contribution in [-0.4, -0.2) is 21.2 Å². The van der Waals surface area contributed by atoms with Crippen LogP contribution in [0.5, 0.6) is 5.75 Å². The zero-order chi connectivity index (χ0) is 11.2. The van der Waals surface area contributed by atoms with Gasteiger partial charge in [-0.3, -0.25) is 0 Å². The van der Waals surface area contributed by atoms with E-state index in [0.29, 0.717) is 5.75 Å². The second kappa shape index (κ2) is 5.32. The first-order valence-electron chi connectivity index (χ1n) is 5.29. The number of phenols is 1. The molecule has 2 aromatic rings. The van der Waals surface area contributed by atoms with Crippen LogP contribution in [-0.2, 0) is 13.1 Å². The Labute approximate surface area is 94.6 Å². The standard InChI is InChI=1S/C12H15N3O/c16-12-3-1-11(2-4-12)9-13-5-7-15-8-6-14-10-15/h1-4,6,8,10,13,16H,5,7,9H2. The number of aromatic hydroxyl groups is 1. The highest BCUT2D eigenvalue weighted by atomic mass is 16.3. The van der Waals surface area contributed by atoms with Gasteiger partial charge in [-0.05, 0) is 17.7 Å². The molecule has 0 aliphatic heterocycles. The molecule has 16 heavy (non-hydrogen) atoms. The van der Waals surface area contributed by atoms with E-state index < -0.39 is 0 Å². The molecule has 0 saturated heterocycles. The fourth-order valence-corrected chi connectivity index (χ4v) is 1.47. The van der Waals surface area contributed by atoms with E-state index in [-0.39, 0.29) is 0 Å². The van der Waals surface area contributed by atoms with Crippen LogP contribution in [0.2, 0.25) is 0 Å². The summed E-state index contributed by atoms with van der Waals surface area (Å²) in [6.45, 7) is 2.63. The SMILES string of the molecule is Oc1ccc(CNCCn2ccnc2)cc1. The quantitative estimate of drug-likeness (QED) is 0.744. The Hall–Kier alpha value is -1.81. The summed E-state index contributed by atoms with van der Waals surface area (Å²) in [6.07, 6.45) is 5.53. The lowest BCUT2D eigenvalue weighted by atomic mass is 10.2. The third kappa shape index (κ3) is 3.10. The molecule has 0 radical (unpaired) electrons. The van der Waals surface area contributed by atoms with Crippen molar-refractivity contribution in [3.63, 3.8) is 0 Å². The highest BCUT2D eigenvalue weighted by molar-refractivity contribution is 5.25. The Morgan fingerprint density at radius 1 is 1.25 bits per heavy atom. The van der Waals surface area contributed by atoms with Crippen LogP contribution in [0.15, 0.2) is 43.0 Å². The highest BCUT2D eigenvalue weighted by Gasteiger charge is 1.93. The fraction of sp³-hybridized carbons (Fsp3) is 0.250. The maximum absolute atomic E-state index is 9.12. The third-order valence-corrected chi connectivity index (χ3v) is 2.37. The summed E-state index contributed by atoms with van der Waals surface area (Å²) in [4.78, 5) is 3.98. The normalized spacial score (nSPS) is 10.5. The molecule has 0 spiro atoms. The highest BCUT2D eigenvalue weighted by Crippen LogP contribution is 2.08. The van der Waals surface area contributed by atoms with Gasteiger partial charge in [0.25, 0.3) is 0 Å². The molecule has 0 aliphatic rings. The summed E-state index contributed by atoms with van der Waals surface area (Å²) in [5, 5.41) is 12.5. The number of nitrogens with zero attached hydrogens (tertiary/aromatic N) is 2. The van der Waals surface area contributed by atoms with E-state index in [4.69, 9.17) is 5.11 Å². The molecule has 0 atom stereocenters. The first-order chi connectivity index (χ1) is 7.84. The second-order valence-electron chi connectivity index (χ2n) is 3.64. The van der Waals surface area contributed by atoms with Gasteiger partial charge in [-0.25, -0.2) is 4.98 Å². The summed E-state index contributed by atoms with van der Waals surface area (Å²) >= 11 is 0. The molecular weight excluding hydrogens is 202 g/mol. The van der Waals surface area contributed by atoms with Crippen molar-refractivity contribution >= 4 is 0 Å². The van der Waals surface area contributed by atoms with Gasteiger partial charge >= 0.3 is 0 Å². The summed E-state index contributed by atoms with van der Waals surface area (Å²) in [6, 6.07) is 7.23. The molecule has 0 aliphatic carbocycles. The molecule has 1 aromatic carbocycles. The number of imidazole rings is 1. The maximum Gasteiger partial charge on any atom is 0.115 e. The van der Waals surface area contributed by atoms with Crippen LogP contribution < -0.4 is 5.32 Å². The summed E-state index contributed by atoms with van der Waals surface area (Å²) < 4.78 is 2.03. The topological polar surface area (TPSA) is 50.1 Å². The van der Waals surface area contributed by atoms with Crippen LogP contribution in [0, 0.1) is 0 Å². The molecule has 0 unspecified atom stereocenters. The number of aromatic nitrogens is 2. The molecule has 1 heterocycles. The van der Waals surface area contributed by atoms with Gasteiger partial charge in [0, 0.05) is 32.0 Å².